The van der Waals surface area contributed by atoms with Crippen LogP contribution in [0.5, 0.6) is 11.5 Å². The molecule has 0 amide bonds. The number of aliphatic hydroxyl groups excluding tert-OH is 2. The van der Waals surface area contributed by atoms with E-state index in [4.69, 9.17) is 9.47 Å². The number of benzene rings is 4. The normalized spacial score (nSPS) is 19.5. The van der Waals surface area contributed by atoms with Crippen molar-refractivity contribution < 1.29 is 19.7 Å². The van der Waals surface area contributed by atoms with Crippen LogP contribution in [0.3, 0.4) is 0 Å². The Bertz CT molecular complexity index is 1800. The Kier molecular flexibility index (Phi) is 13.3. The Morgan fingerprint density at radius 3 is 1.98 bits per heavy atom. The van der Waals surface area contributed by atoms with Crippen molar-refractivity contribution in [2.75, 3.05) is 66.6 Å². The molecule has 1 fully saturated rings. The number of fused-ring (bicyclic) bond motifs is 2. The number of hydrogen-bond acceptors (Lipinski definition) is 8. The fourth-order valence-electron chi connectivity index (χ4n) is 8.57. The molecule has 0 aromatic heterocycles. The molecule has 3 atom stereocenters. The van der Waals surface area contributed by atoms with Gasteiger partial charge in [-0.05, 0) is 115 Å². The molecule has 54 heavy (non-hydrogen) atoms. The molecule has 1 saturated heterocycles. The van der Waals surface area contributed by atoms with Gasteiger partial charge in [0, 0.05) is 58.9 Å². The van der Waals surface area contributed by atoms with Gasteiger partial charge in [0.05, 0.1) is 0 Å². The second kappa shape index (κ2) is 18.7. The first-order valence-electron chi connectivity index (χ1n) is 20.1. The molecule has 3 heterocycles. The van der Waals surface area contributed by atoms with Gasteiger partial charge in [0.25, 0.3) is 0 Å². The van der Waals surface area contributed by atoms with Crippen molar-refractivity contribution in [1.29, 1.82) is 0 Å². The molecule has 0 aliphatic carbocycles. The Morgan fingerprint density at radius 1 is 0.648 bits per heavy atom. The lowest BCUT2D eigenvalue weighted by atomic mass is 9.89. The van der Waals surface area contributed by atoms with E-state index in [1.54, 1.807) is 0 Å². The second-order valence-electron chi connectivity index (χ2n) is 16.2. The lowest BCUT2D eigenvalue weighted by Gasteiger charge is -2.31. The summed E-state index contributed by atoms with van der Waals surface area (Å²) in [4.78, 5) is 9.46. The third-order valence-corrected chi connectivity index (χ3v) is 11.3. The van der Waals surface area contributed by atoms with Gasteiger partial charge in [-0.1, -0.05) is 73.2 Å². The smallest absolute Gasteiger partial charge is 0.119 e. The third-order valence-electron chi connectivity index (χ3n) is 11.3. The minimum atomic E-state index is -0.546. The molecule has 0 saturated carbocycles. The Morgan fingerprint density at radius 2 is 1.28 bits per heavy atom. The maximum absolute atomic E-state index is 10.9. The highest BCUT2D eigenvalue weighted by atomic mass is 16.5. The highest BCUT2D eigenvalue weighted by Gasteiger charge is 2.24. The number of aliphatic hydroxyl groups is 2. The van der Waals surface area contributed by atoms with E-state index in [2.05, 4.69) is 106 Å². The van der Waals surface area contributed by atoms with Crippen LogP contribution in [-0.2, 0) is 39.0 Å². The van der Waals surface area contributed by atoms with Crippen molar-refractivity contribution in [2.24, 2.45) is 0 Å². The summed E-state index contributed by atoms with van der Waals surface area (Å²) in [5, 5.41) is 21.8. The zero-order valence-corrected chi connectivity index (χ0v) is 32.4. The van der Waals surface area contributed by atoms with Crippen LogP contribution in [0, 0.1) is 0 Å². The van der Waals surface area contributed by atoms with E-state index in [-0.39, 0.29) is 6.61 Å². The number of β-amino-alcohol motifs (C(OH)–C–C–N with tert-alkyl or cyclic N) is 2. The third kappa shape index (κ3) is 10.9. The molecule has 0 spiro atoms. The van der Waals surface area contributed by atoms with Gasteiger partial charge >= 0.3 is 0 Å². The zero-order valence-electron chi connectivity index (χ0n) is 32.4. The summed E-state index contributed by atoms with van der Waals surface area (Å²) in [6, 6.07) is 32.4. The van der Waals surface area contributed by atoms with E-state index in [1.807, 2.05) is 18.2 Å². The first kappa shape index (κ1) is 38.5. The average molecular weight is 733 g/mol. The summed E-state index contributed by atoms with van der Waals surface area (Å²) in [6.07, 6.45) is 4.61. The van der Waals surface area contributed by atoms with Crippen LogP contribution in [0.4, 0.5) is 0 Å². The SMILES string of the molecule is CN(C)Cc1cccc(OCC(O)CN2CCc3ccc(C4CCCCN(Cc5cccc(OCC(O)CN6CCc7ccccc7C6)c5)C4)cc3C2)c1. The molecule has 288 valence electrons. The van der Waals surface area contributed by atoms with E-state index in [0.29, 0.717) is 25.6 Å². The largest absolute Gasteiger partial charge is 0.491 e. The van der Waals surface area contributed by atoms with Crippen LogP contribution in [-0.4, -0.2) is 109 Å². The molecule has 3 unspecified atom stereocenters. The summed E-state index contributed by atoms with van der Waals surface area (Å²) in [6.45, 7) is 9.37. The number of rotatable bonds is 15. The molecule has 2 N–H and O–H groups in total. The molecule has 7 rings (SSSR count). The number of hydrogen-bond donors (Lipinski definition) is 2. The fourth-order valence-corrected chi connectivity index (χ4v) is 8.57. The summed E-state index contributed by atoms with van der Waals surface area (Å²) in [5.74, 6) is 2.13. The average Bonchev–Trinajstić information content (AvgIpc) is 3.41. The van der Waals surface area contributed by atoms with Crippen LogP contribution >= 0.6 is 0 Å². The van der Waals surface area contributed by atoms with Gasteiger partial charge in [-0.25, -0.2) is 0 Å². The second-order valence-corrected chi connectivity index (χ2v) is 16.2. The van der Waals surface area contributed by atoms with Crippen molar-refractivity contribution in [3.05, 3.63) is 130 Å². The van der Waals surface area contributed by atoms with Gasteiger partial charge in [-0.15, -0.1) is 0 Å². The number of ether oxygens (including phenoxy) is 2. The molecule has 3 aliphatic heterocycles. The summed E-state index contributed by atoms with van der Waals surface area (Å²) in [5.41, 5.74) is 9.52. The standard InChI is InChI=1S/C46H60N4O4/c1-47(2)26-35-9-7-14-45(23-35)53-34-44(52)32-50-22-19-38-16-17-39(25-42(38)30-50)41-13-5-6-20-48(29-41)27-36-10-8-15-46(24-36)54-33-43(51)31-49-21-18-37-11-3-4-12-40(37)28-49/h3-4,7-12,14-17,23-25,41,43-44,51-52H,5-6,13,18-22,26-34H2,1-2H3. The molecular weight excluding hydrogens is 673 g/mol. The molecule has 0 bridgehead atoms. The minimum absolute atomic E-state index is 0.290. The van der Waals surface area contributed by atoms with Gasteiger partial charge in [-0.2, -0.15) is 0 Å². The Labute approximate surface area is 322 Å². The summed E-state index contributed by atoms with van der Waals surface area (Å²) < 4.78 is 12.1. The lowest BCUT2D eigenvalue weighted by molar-refractivity contribution is 0.0636. The molecule has 8 nitrogen and oxygen atoms in total. The Balaban J connectivity index is 0.888. The molecule has 0 radical (unpaired) electrons. The van der Waals surface area contributed by atoms with Crippen LogP contribution in [0.15, 0.2) is 91.0 Å². The summed E-state index contributed by atoms with van der Waals surface area (Å²) in [7, 11) is 4.12. The molecular formula is C46H60N4O4. The quantitative estimate of drug-likeness (QED) is 0.152. The van der Waals surface area contributed by atoms with Crippen molar-refractivity contribution in [2.45, 2.75) is 76.4 Å². The zero-order chi connectivity index (χ0) is 37.3. The summed E-state index contributed by atoms with van der Waals surface area (Å²) >= 11 is 0. The van der Waals surface area contributed by atoms with Gasteiger partial charge < -0.3 is 24.6 Å². The number of likely N-dealkylation sites (tertiary alicyclic amines) is 1. The molecule has 3 aliphatic rings. The van der Waals surface area contributed by atoms with E-state index in [0.717, 1.165) is 76.7 Å². The van der Waals surface area contributed by atoms with E-state index in [9.17, 15) is 10.2 Å². The maximum atomic E-state index is 10.9. The predicted molar refractivity (Wildman–Crippen MR) is 216 cm³/mol. The first-order chi connectivity index (χ1) is 26.3. The molecule has 4 aromatic carbocycles. The topological polar surface area (TPSA) is 71.9 Å². The van der Waals surface area contributed by atoms with Crippen molar-refractivity contribution >= 4 is 0 Å². The molecule has 4 aromatic rings. The minimum Gasteiger partial charge on any atom is -0.491 e. The van der Waals surface area contributed by atoms with Crippen molar-refractivity contribution in [3.8, 4) is 11.5 Å². The lowest BCUT2D eigenvalue weighted by Crippen LogP contribution is -2.39. The fraction of sp³-hybridized carbons (Fsp3) is 0.478. The van der Waals surface area contributed by atoms with Gasteiger partial charge in [0.15, 0.2) is 0 Å². The van der Waals surface area contributed by atoms with Crippen molar-refractivity contribution in [1.82, 2.24) is 19.6 Å². The van der Waals surface area contributed by atoms with Crippen LogP contribution in [0.1, 0.15) is 64.1 Å². The number of nitrogens with zero attached hydrogens (tertiary/aromatic N) is 4. The van der Waals surface area contributed by atoms with Crippen LogP contribution in [0.2, 0.25) is 0 Å². The van der Waals surface area contributed by atoms with E-state index in [1.165, 1.54) is 58.2 Å². The van der Waals surface area contributed by atoms with E-state index >= 15 is 0 Å². The highest BCUT2D eigenvalue weighted by Crippen LogP contribution is 2.31. The van der Waals surface area contributed by atoms with Gasteiger partial charge in [-0.3, -0.25) is 14.7 Å². The van der Waals surface area contributed by atoms with E-state index < -0.39 is 12.2 Å². The van der Waals surface area contributed by atoms with Gasteiger partial charge in [0.1, 0.15) is 36.9 Å². The highest BCUT2D eigenvalue weighted by molar-refractivity contribution is 5.36. The Hall–Kier alpha value is -3.76. The monoisotopic (exact) mass is 732 g/mol. The first-order valence-corrected chi connectivity index (χ1v) is 20.1. The molecule has 8 heteroatoms. The predicted octanol–water partition coefficient (Wildman–Crippen LogP) is 6.11. The maximum Gasteiger partial charge on any atom is 0.119 e. The van der Waals surface area contributed by atoms with Crippen LogP contribution in [0.25, 0.3) is 0 Å². The van der Waals surface area contributed by atoms with Crippen molar-refractivity contribution in [3.63, 3.8) is 0 Å². The van der Waals surface area contributed by atoms with Crippen LogP contribution < -0.4 is 9.47 Å². The van der Waals surface area contributed by atoms with Gasteiger partial charge in [0.2, 0.25) is 0 Å².